The van der Waals surface area contributed by atoms with Crippen LogP contribution >= 0.6 is 11.6 Å². The molecule has 0 spiro atoms. The number of nitrogens with one attached hydrogen (secondary N) is 1. The first-order chi connectivity index (χ1) is 17.9. The van der Waals surface area contributed by atoms with Gasteiger partial charge in [-0.1, -0.05) is 17.7 Å². The van der Waals surface area contributed by atoms with Crippen LogP contribution in [0.5, 0.6) is 0 Å². The standard InChI is InChI=1S/C25H24ClF3N6O3/c1-12-8-15(14(3)30-17-4-5-19(26)32-21(17)23(36)37)20-16(9-12)22-31-18(25(27,28)29)11-35(22)24(33-20)34-6-7-38-13(2)10-34/h4-5,8-9,11,13-14,30H,6-7,10H2,1-3H3,(H,36,37)/t13?,14-/m1/s1. The number of benzene rings is 1. The molecule has 0 amide bonds. The normalized spacial score (nSPS) is 17.2. The van der Waals surface area contributed by atoms with Gasteiger partial charge in [0, 0.05) is 30.2 Å². The van der Waals surface area contributed by atoms with Gasteiger partial charge in [-0.25, -0.2) is 19.7 Å². The molecule has 1 aliphatic rings. The number of aromatic carboxylic acids is 1. The maximum atomic E-state index is 13.7. The number of pyridine rings is 1. The lowest BCUT2D eigenvalue weighted by molar-refractivity contribution is -0.140. The van der Waals surface area contributed by atoms with Gasteiger partial charge in [-0.2, -0.15) is 13.2 Å². The van der Waals surface area contributed by atoms with Crippen molar-refractivity contribution in [2.75, 3.05) is 29.9 Å². The number of carboxylic acids is 1. The number of halogens is 4. The molecule has 0 radical (unpaired) electrons. The quantitative estimate of drug-likeness (QED) is 0.321. The predicted octanol–water partition coefficient (Wildman–Crippen LogP) is 5.35. The van der Waals surface area contributed by atoms with Gasteiger partial charge in [0.1, 0.15) is 10.8 Å². The molecule has 38 heavy (non-hydrogen) atoms. The third kappa shape index (κ3) is 4.81. The zero-order valence-corrected chi connectivity index (χ0v) is 21.4. The zero-order valence-electron chi connectivity index (χ0n) is 20.7. The van der Waals surface area contributed by atoms with Gasteiger partial charge in [0.25, 0.3) is 0 Å². The Labute approximate surface area is 220 Å². The molecule has 5 rings (SSSR count). The Kier molecular flexibility index (Phi) is 6.56. The molecule has 1 unspecified atom stereocenters. The van der Waals surface area contributed by atoms with E-state index in [9.17, 15) is 23.1 Å². The van der Waals surface area contributed by atoms with E-state index < -0.39 is 23.9 Å². The number of aryl methyl sites for hydroxylation is 1. The van der Waals surface area contributed by atoms with Crippen molar-refractivity contribution in [3.8, 4) is 0 Å². The lowest BCUT2D eigenvalue weighted by Crippen LogP contribution is -2.42. The van der Waals surface area contributed by atoms with E-state index in [1.807, 2.05) is 31.7 Å². The highest BCUT2D eigenvalue weighted by molar-refractivity contribution is 6.29. The molecule has 0 bridgehead atoms. The number of imidazole rings is 1. The van der Waals surface area contributed by atoms with Crippen molar-refractivity contribution in [3.63, 3.8) is 0 Å². The third-order valence-electron chi connectivity index (χ3n) is 6.37. The Morgan fingerprint density at radius 3 is 2.71 bits per heavy atom. The van der Waals surface area contributed by atoms with Gasteiger partial charge in [0.2, 0.25) is 5.95 Å². The fourth-order valence-corrected chi connectivity index (χ4v) is 4.84. The topological polar surface area (TPSA) is 105 Å². The minimum atomic E-state index is -4.63. The SMILES string of the molecule is Cc1cc([C@@H](C)Nc2ccc(Cl)nc2C(=O)O)c2nc(N3CCOC(C)C3)n3cc(C(F)(F)F)nc3c2c1. The van der Waals surface area contributed by atoms with Crippen LogP contribution in [0.1, 0.15) is 47.2 Å². The van der Waals surface area contributed by atoms with Gasteiger partial charge < -0.3 is 20.1 Å². The number of hydrogen-bond donors (Lipinski definition) is 2. The average Bonchev–Trinajstić information content (AvgIpc) is 3.31. The van der Waals surface area contributed by atoms with Crippen molar-refractivity contribution in [3.05, 3.63) is 58.1 Å². The molecule has 9 nitrogen and oxygen atoms in total. The lowest BCUT2D eigenvalue weighted by Gasteiger charge is -2.32. The van der Waals surface area contributed by atoms with E-state index in [1.54, 1.807) is 6.07 Å². The molecule has 1 fully saturated rings. The molecule has 0 aliphatic carbocycles. The Balaban J connectivity index is 1.71. The number of morpholine rings is 1. The van der Waals surface area contributed by atoms with Gasteiger partial charge in [0.15, 0.2) is 11.4 Å². The van der Waals surface area contributed by atoms with E-state index in [4.69, 9.17) is 21.3 Å². The predicted molar refractivity (Wildman–Crippen MR) is 136 cm³/mol. The number of carbonyl (C=O) groups is 1. The van der Waals surface area contributed by atoms with E-state index in [-0.39, 0.29) is 28.3 Å². The molecular weight excluding hydrogens is 525 g/mol. The van der Waals surface area contributed by atoms with Crippen molar-refractivity contribution in [1.82, 2.24) is 19.4 Å². The summed E-state index contributed by atoms with van der Waals surface area (Å²) in [6.07, 6.45) is -3.80. The van der Waals surface area contributed by atoms with Crippen LogP contribution < -0.4 is 10.2 Å². The Bertz CT molecular complexity index is 1560. The van der Waals surface area contributed by atoms with Crippen LogP contribution in [0.4, 0.5) is 24.8 Å². The molecule has 2 N–H and O–H groups in total. The molecule has 1 aromatic carbocycles. The minimum absolute atomic E-state index is 0.0369. The number of fused-ring (bicyclic) bond motifs is 3. The molecule has 1 aliphatic heterocycles. The fraction of sp³-hybridized carbons (Fsp3) is 0.360. The number of alkyl halides is 3. The van der Waals surface area contributed by atoms with E-state index >= 15 is 0 Å². The van der Waals surface area contributed by atoms with Crippen molar-refractivity contribution in [2.45, 2.75) is 39.1 Å². The number of anilines is 2. The molecule has 3 aromatic heterocycles. The second-order valence-electron chi connectivity index (χ2n) is 9.31. The van der Waals surface area contributed by atoms with Crippen molar-refractivity contribution in [2.24, 2.45) is 0 Å². The molecule has 1 saturated heterocycles. The maximum Gasteiger partial charge on any atom is 0.434 e. The molecule has 2 atom stereocenters. The molecule has 13 heteroatoms. The maximum absolute atomic E-state index is 13.7. The van der Waals surface area contributed by atoms with Crippen LogP contribution in [0.3, 0.4) is 0 Å². The molecule has 4 heterocycles. The first-order valence-electron chi connectivity index (χ1n) is 11.9. The minimum Gasteiger partial charge on any atom is -0.476 e. The number of nitrogens with zero attached hydrogens (tertiary/aromatic N) is 5. The summed E-state index contributed by atoms with van der Waals surface area (Å²) in [5, 5.41) is 13.2. The van der Waals surface area contributed by atoms with Crippen LogP contribution in [0.25, 0.3) is 16.6 Å². The molecule has 0 saturated carbocycles. The first kappa shape index (κ1) is 26.0. The van der Waals surface area contributed by atoms with Crippen LogP contribution in [0, 0.1) is 6.92 Å². The van der Waals surface area contributed by atoms with Gasteiger partial charge in [-0.05, 0) is 44.5 Å². The summed E-state index contributed by atoms with van der Waals surface area (Å²) in [6.45, 7) is 6.82. The number of aromatic nitrogens is 4. The number of carboxylic acid groups (broad SMARTS) is 1. The summed E-state index contributed by atoms with van der Waals surface area (Å²) >= 11 is 5.89. The largest absolute Gasteiger partial charge is 0.476 e. The zero-order chi connectivity index (χ0) is 27.4. The van der Waals surface area contributed by atoms with Crippen LogP contribution in [-0.4, -0.2) is 56.2 Å². The third-order valence-corrected chi connectivity index (χ3v) is 6.59. The van der Waals surface area contributed by atoms with Crippen LogP contribution in [0.2, 0.25) is 5.15 Å². The fourth-order valence-electron chi connectivity index (χ4n) is 4.69. The Hall–Kier alpha value is -3.64. The summed E-state index contributed by atoms with van der Waals surface area (Å²) in [5.41, 5.74) is 1.01. The second kappa shape index (κ2) is 9.59. The molecular formula is C25H24ClF3N6O3. The average molecular weight is 549 g/mol. The molecule has 200 valence electrons. The first-order valence-corrected chi connectivity index (χ1v) is 12.2. The van der Waals surface area contributed by atoms with Crippen LogP contribution in [0.15, 0.2) is 30.5 Å². The highest BCUT2D eigenvalue weighted by Crippen LogP contribution is 2.36. The summed E-state index contributed by atoms with van der Waals surface area (Å²) in [5.74, 6) is -0.931. The Morgan fingerprint density at radius 1 is 1.26 bits per heavy atom. The number of hydrogen-bond acceptors (Lipinski definition) is 7. The summed E-state index contributed by atoms with van der Waals surface area (Å²) in [6, 6.07) is 6.11. The summed E-state index contributed by atoms with van der Waals surface area (Å²) in [4.78, 5) is 26.4. The van der Waals surface area contributed by atoms with Gasteiger partial charge >= 0.3 is 12.1 Å². The van der Waals surface area contributed by atoms with Gasteiger partial charge in [0.05, 0.1) is 30.0 Å². The second-order valence-corrected chi connectivity index (χ2v) is 9.70. The lowest BCUT2D eigenvalue weighted by atomic mass is 10.0. The van der Waals surface area contributed by atoms with Crippen LogP contribution in [-0.2, 0) is 10.9 Å². The van der Waals surface area contributed by atoms with E-state index in [0.29, 0.717) is 42.1 Å². The van der Waals surface area contributed by atoms with E-state index in [0.717, 1.165) is 11.8 Å². The Morgan fingerprint density at radius 2 is 2.03 bits per heavy atom. The number of rotatable bonds is 5. The summed E-state index contributed by atoms with van der Waals surface area (Å²) in [7, 11) is 0. The van der Waals surface area contributed by atoms with Gasteiger partial charge in [-0.3, -0.25) is 4.40 Å². The highest BCUT2D eigenvalue weighted by atomic mass is 35.5. The summed E-state index contributed by atoms with van der Waals surface area (Å²) < 4.78 is 48.2. The molecule has 4 aromatic rings. The van der Waals surface area contributed by atoms with E-state index in [2.05, 4.69) is 15.3 Å². The smallest absolute Gasteiger partial charge is 0.434 e. The van der Waals surface area contributed by atoms with E-state index in [1.165, 1.54) is 16.5 Å². The van der Waals surface area contributed by atoms with Crippen molar-refractivity contribution >= 4 is 45.8 Å². The number of ether oxygens (including phenoxy) is 1. The highest BCUT2D eigenvalue weighted by Gasteiger charge is 2.35. The van der Waals surface area contributed by atoms with Crippen molar-refractivity contribution < 1.29 is 27.8 Å². The van der Waals surface area contributed by atoms with Gasteiger partial charge in [-0.15, -0.1) is 0 Å². The monoisotopic (exact) mass is 548 g/mol. The van der Waals surface area contributed by atoms with Crippen molar-refractivity contribution in [1.29, 1.82) is 0 Å².